The van der Waals surface area contributed by atoms with E-state index < -0.39 is 0 Å². The maximum absolute atomic E-state index is 12.4. The Labute approximate surface area is 173 Å². The molecule has 0 aliphatic heterocycles. The van der Waals surface area contributed by atoms with Crippen LogP contribution in [0.25, 0.3) is 11.3 Å². The Morgan fingerprint density at radius 3 is 2.59 bits per heavy atom. The molecule has 1 N–H and O–H groups in total. The highest BCUT2D eigenvalue weighted by molar-refractivity contribution is 7.16. The number of ether oxygens (including phenoxy) is 2. The molecule has 1 amide bonds. The summed E-state index contributed by atoms with van der Waals surface area (Å²) < 4.78 is 10.4. The minimum atomic E-state index is -0.359. The van der Waals surface area contributed by atoms with Crippen LogP contribution in [0.15, 0.2) is 48.5 Å². The van der Waals surface area contributed by atoms with Gasteiger partial charge in [0.25, 0.3) is 5.91 Å². The van der Waals surface area contributed by atoms with Gasteiger partial charge in [-0.3, -0.25) is 14.9 Å². The Bertz CT molecular complexity index is 1010. The Hall–Kier alpha value is -3.19. The fraction of sp³-hybridized carbons (Fsp3) is 0.227. The molecule has 0 spiro atoms. The number of carbonyl (C=O) groups is 2. The van der Waals surface area contributed by atoms with Crippen molar-refractivity contribution in [1.29, 1.82) is 0 Å². The lowest BCUT2D eigenvalue weighted by molar-refractivity contribution is -0.139. The van der Waals surface area contributed by atoms with E-state index in [1.807, 2.05) is 62.4 Å². The van der Waals surface area contributed by atoms with Crippen molar-refractivity contribution >= 4 is 28.3 Å². The van der Waals surface area contributed by atoms with Crippen LogP contribution >= 0.6 is 11.3 Å². The van der Waals surface area contributed by atoms with E-state index in [1.54, 1.807) is 0 Å². The van der Waals surface area contributed by atoms with Crippen LogP contribution in [0.4, 0.5) is 5.13 Å². The van der Waals surface area contributed by atoms with Gasteiger partial charge in [-0.1, -0.05) is 42.5 Å². The summed E-state index contributed by atoms with van der Waals surface area (Å²) in [7, 11) is 1.35. The number of esters is 1. The molecule has 7 heteroatoms. The van der Waals surface area contributed by atoms with Crippen LogP contribution < -0.4 is 10.1 Å². The number of anilines is 1. The Morgan fingerprint density at radius 1 is 1.10 bits per heavy atom. The van der Waals surface area contributed by atoms with E-state index in [4.69, 9.17) is 9.47 Å². The minimum Gasteiger partial charge on any atom is -0.483 e. The summed E-state index contributed by atoms with van der Waals surface area (Å²) in [6.07, 6.45) is 0.0905. The highest BCUT2D eigenvalue weighted by atomic mass is 32.1. The summed E-state index contributed by atoms with van der Waals surface area (Å²) in [4.78, 5) is 29.4. The standard InChI is InChI=1S/C22H22N2O4S/c1-14-9-10-15(2)17(11-14)28-13-19(25)23-22-24-21(16-7-5-4-6-8-16)18(29-22)12-20(26)27-3/h4-11H,12-13H2,1-3H3,(H,23,24,25). The fourth-order valence-corrected chi connectivity index (χ4v) is 3.70. The first-order valence-electron chi connectivity index (χ1n) is 9.08. The lowest BCUT2D eigenvalue weighted by Crippen LogP contribution is -2.20. The molecule has 3 rings (SSSR count). The van der Waals surface area contributed by atoms with Crippen molar-refractivity contribution in [1.82, 2.24) is 4.98 Å². The number of rotatable bonds is 7. The molecule has 0 unspecified atom stereocenters. The molecular weight excluding hydrogens is 388 g/mol. The highest BCUT2D eigenvalue weighted by Crippen LogP contribution is 2.31. The third kappa shape index (κ3) is 5.42. The van der Waals surface area contributed by atoms with E-state index in [1.165, 1.54) is 18.4 Å². The van der Waals surface area contributed by atoms with Crippen LogP contribution in [0.2, 0.25) is 0 Å². The van der Waals surface area contributed by atoms with Crippen molar-refractivity contribution in [3.8, 4) is 17.0 Å². The number of hydrogen-bond acceptors (Lipinski definition) is 6. The Morgan fingerprint density at radius 2 is 1.86 bits per heavy atom. The zero-order valence-electron chi connectivity index (χ0n) is 16.5. The van der Waals surface area contributed by atoms with Crippen LogP contribution in [0, 0.1) is 13.8 Å². The molecule has 150 valence electrons. The van der Waals surface area contributed by atoms with Gasteiger partial charge in [0.1, 0.15) is 5.75 Å². The number of hydrogen-bond donors (Lipinski definition) is 1. The number of nitrogens with one attached hydrogen (secondary N) is 1. The SMILES string of the molecule is COC(=O)Cc1sc(NC(=O)COc2cc(C)ccc2C)nc1-c1ccccc1. The molecule has 0 bridgehead atoms. The predicted molar refractivity (Wildman–Crippen MR) is 113 cm³/mol. The molecule has 29 heavy (non-hydrogen) atoms. The Kier molecular flexibility index (Phi) is 6.61. The third-order valence-electron chi connectivity index (χ3n) is 4.23. The van der Waals surface area contributed by atoms with Gasteiger partial charge in [-0.25, -0.2) is 4.98 Å². The minimum absolute atomic E-state index is 0.0905. The number of thiazole rings is 1. The molecule has 2 aromatic carbocycles. The summed E-state index contributed by atoms with van der Waals surface area (Å²) >= 11 is 1.25. The van der Waals surface area contributed by atoms with E-state index in [2.05, 4.69) is 10.3 Å². The lowest BCUT2D eigenvalue weighted by atomic mass is 10.1. The van der Waals surface area contributed by atoms with Gasteiger partial charge < -0.3 is 9.47 Å². The van der Waals surface area contributed by atoms with Gasteiger partial charge in [-0.15, -0.1) is 11.3 Å². The van der Waals surface area contributed by atoms with Crippen LogP contribution in [0.5, 0.6) is 5.75 Å². The van der Waals surface area contributed by atoms with E-state index in [-0.39, 0.29) is 24.9 Å². The smallest absolute Gasteiger partial charge is 0.310 e. The summed E-state index contributed by atoms with van der Waals surface area (Å²) in [5, 5.41) is 3.17. The van der Waals surface area contributed by atoms with Crippen molar-refractivity contribution in [3.63, 3.8) is 0 Å². The van der Waals surface area contributed by atoms with Crippen LogP contribution in [0.1, 0.15) is 16.0 Å². The van der Waals surface area contributed by atoms with Gasteiger partial charge >= 0.3 is 5.97 Å². The lowest BCUT2D eigenvalue weighted by Gasteiger charge is -2.09. The van der Waals surface area contributed by atoms with Gasteiger partial charge in [0.15, 0.2) is 11.7 Å². The molecule has 0 aliphatic rings. The van der Waals surface area contributed by atoms with Crippen molar-refractivity contribution in [2.45, 2.75) is 20.3 Å². The largest absolute Gasteiger partial charge is 0.483 e. The normalized spacial score (nSPS) is 10.4. The average Bonchev–Trinajstić information content (AvgIpc) is 3.11. The number of amides is 1. The van der Waals surface area contributed by atoms with Crippen molar-refractivity contribution in [3.05, 3.63) is 64.5 Å². The monoisotopic (exact) mass is 410 g/mol. The summed E-state index contributed by atoms with van der Waals surface area (Å²) in [6, 6.07) is 15.4. The number of nitrogens with zero attached hydrogens (tertiary/aromatic N) is 1. The first kappa shape index (κ1) is 20.5. The van der Waals surface area contributed by atoms with E-state index >= 15 is 0 Å². The predicted octanol–water partition coefficient (Wildman–Crippen LogP) is 4.16. The van der Waals surface area contributed by atoms with Crippen LogP contribution in [-0.4, -0.2) is 30.6 Å². The Balaban J connectivity index is 1.73. The van der Waals surface area contributed by atoms with Crippen molar-refractivity contribution in [2.75, 3.05) is 19.0 Å². The topological polar surface area (TPSA) is 77.5 Å². The van der Waals surface area contributed by atoms with Gasteiger partial charge in [0.05, 0.1) is 19.2 Å². The summed E-state index contributed by atoms with van der Waals surface area (Å²) in [5.74, 6) is 0.00138. The summed E-state index contributed by atoms with van der Waals surface area (Å²) in [6.45, 7) is 3.77. The first-order chi connectivity index (χ1) is 14.0. The molecule has 0 saturated heterocycles. The van der Waals surface area contributed by atoms with Crippen LogP contribution in [0.3, 0.4) is 0 Å². The fourth-order valence-electron chi connectivity index (χ4n) is 2.71. The second kappa shape index (κ2) is 9.34. The van der Waals surface area contributed by atoms with E-state index in [0.717, 1.165) is 21.6 Å². The number of aryl methyl sites for hydroxylation is 2. The van der Waals surface area contributed by atoms with Gasteiger partial charge in [0, 0.05) is 10.4 Å². The molecule has 0 fully saturated rings. The van der Waals surface area contributed by atoms with Gasteiger partial charge in [-0.05, 0) is 31.0 Å². The first-order valence-corrected chi connectivity index (χ1v) is 9.89. The van der Waals surface area contributed by atoms with Gasteiger partial charge in [0.2, 0.25) is 0 Å². The van der Waals surface area contributed by atoms with Gasteiger partial charge in [-0.2, -0.15) is 0 Å². The maximum atomic E-state index is 12.4. The second-order valence-electron chi connectivity index (χ2n) is 6.52. The molecule has 1 aromatic heterocycles. The van der Waals surface area contributed by atoms with Crippen molar-refractivity contribution < 1.29 is 19.1 Å². The third-order valence-corrected chi connectivity index (χ3v) is 5.20. The molecule has 0 radical (unpaired) electrons. The maximum Gasteiger partial charge on any atom is 0.310 e. The molecule has 6 nitrogen and oxygen atoms in total. The molecule has 1 heterocycles. The second-order valence-corrected chi connectivity index (χ2v) is 7.60. The van der Waals surface area contributed by atoms with E-state index in [0.29, 0.717) is 16.6 Å². The zero-order valence-corrected chi connectivity index (χ0v) is 17.3. The van der Waals surface area contributed by atoms with Crippen molar-refractivity contribution in [2.24, 2.45) is 0 Å². The average molecular weight is 410 g/mol. The van der Waals surface area contributed by atoms with E-state index in [9.17, 15) is 9.59 Å². The zero-order chi connectivity index (χ0) is 20.8. The number of benzene rings is 2. The molecule has 0 atom stereocenters. The van der Waals surface area contributed by atoms with Crippen LogP contribution in [-0.2, 0) is 20.7 Å². The molecule has 0 saturated carbocycles. The quantitative estimate of drug-likeness (QED) is 0.592. The number of methoxy groups -OCH3 is 1. The molecule has 0 aliphatic carbocycles. The highest BCUT2D eigenvalue weighted by Gasteiger charge is 2.18. The summed E-state index contributed by atoms with van der Waals surface area (Å²) in [5.41, 5.74) is 3.55. The number of carbonyl (C=O) groups excluding carboxylic acids is 2. The number of aromatic nitrogens is 1. The molecule has 3 aromatic rings. The molecular formula is C22H22N2O4S.